The summed E-state index contributed by atoms with van der Waals surface area (Å²) in [6, 6.07) is 1.60. The van der Waals surface area contributed by atoms with Crippen molar-refractivity contribution < 1.29 is 9.31 Å². The lowest BCUT2D eigenvalue weighted by atomic mass is 10.2. The number of hydrogen-bond donors (Lipinski definition) is 3. The smallest absolute Gasteiger partial charge is 0.274 e. The first-order valence-electron chi connectivity index (χ1n) is 4.38. The number of nitrogens with two attached hydrogens (primary N) is 3. The summed E-state index contributed by atoms with van der Waals surface area (Å²) in [5.41, 5.74) is 14.5. The first-order valence-corrected chi connectivity index (χ1v) is 4.76. The normalized spacial score (nSPS) is 11.1. The Balaban J connectivity index is 3.27. The summed E-state index contributed by atoms with van der Waals surface area (Å²) in [5, 5.41) is 10.2. The van der Waals surface area contributed by atoms with Gasteiger partial charge in [-0.15, -0.1) is 0 Å². The van der Waals surface area contributed by atoms with Crippen molar-refractivity contribution in [1.29, 1.82) is 0 Å². The van der Waals surface area contributed by atoms with Gasteiger partial charge in [-0.25, -0.2) is 9.38 Å². The lowest BCUT2D eigenvalue weighted by Gasteiger charge is -2.01. The van der Waals surface area contributed by atoms with Crippen LogP contribution in [0.1, 0.15) is 0 Å². The number of hydrogen-bond acceptors (Lipinski definition) is 3. The third-order valence-electron chi connectivity index (χ3n) is 1.68. The van der Waals surface area contributed by atoms with E-state index in [4.69, 9.17) is 28.8 Å². The summed E-state index contributed by atoms with van der Waals surface area (Å²) < 4.78 is 13.5. The summed E-state index contributed by atoms with van der Waals surface area (Å²) in [5.74, 6) is -1.80. The molecule has 1 aromatic carbocycles. The molecule has 6 N–H and O–H groups in total. The van der Waals surface area contributed by atoms with E-state index in [0.717, 1.165) is 6.07 Å². The Morgan fingerprint density at radius 3 is 2.44 bits per heavy atom. The highest BCUT2D eigenvalue weighted by molar-refractivity contribution is 6.33. The number of nitro benzene ring substituents is 1. The molecule has 0 heterocycles. The Morgan fingerprint density at radius 1 is 1.39 bits per heavy atom. The molecule has 8 nitrogen and oxygen atoms in total. The number of halogens is 2. The first kappa shape index (κ1) is 13.6. The Bertz CT molecular complexity index is 532. The van der Waals surface area contributed by atoms with E-state index in [9.17, 15) is 14.5 Å². The van der Waals surface area contributed by atoms with Gasteiger partial charge in [-0.05, 0) is 0 Å². The van der Waals surface area contributed by atoms with Gasteiger partial charge in [-0.1, -0.05) is 11.6 Å². The Morgan fingerprint density at radius 2 is 2.00 bits per heavy atom. The van der Waals surface area contributed by atoms with Crippen LogP contribution in [-0.4, -0.2) is 16.8 Å². The van der Waals surface area contributed by atoms with Gasteiger partial charge in [0, 0.05) is 6.07 Å². The molecule has 0 unspecified atom stereocenters. The zero-order valence-corrected chi connectivity index (χ0v) is 9.56. The van der Waals surface area contributed by atoms with Crippen LogP contribution >= 0.6 is 11.6 Å². The second kappa shape index (κ2) is 5.27. The Hall–Kier alpha value is -2.42. The number of benzene rings is 1. The fourth-order valence-electron chi connectivity index (χ4n) is 1.04. The molecule has 0 aliphatic carbocycles. The maximum atomic E-state index is 13.5. The molecule has 0 amide bonds. The highest BCUT2D eigenvalue weighted by Gasteiger charge is 2.15. The van der Waals surface area contributed by atoms with Gasteiger partial charge in [0.05, 0.1) is 16.0 Å². The second-order valence-electron chi connectivity index (χ2n) is 3.02. The molecule has 0 aliphatic heterocycles. The Kier molecular flexibility index (Phi) is 4.00. The van der Waals surface area contributed by atoms with Gasteiger partial charge in [0.25, 0.3) is 5.69 Å². The van der Waals surface area contributed by atoms with Crippen molar-refractivity contribution in [3.8, 4) is 0 Å². The van der Waals surface area contributed by atoms with E-state index in [0.29, 0.717) is 6.07 Å². The quantitative estimate of drug-likeness (QED) is 0.313. The van der Waals surface area contributed by atoms with Gasteiger partial charge in [-0.3, -0.25) is 10.1 Å². The average Bonchev–Trinajstić information content (AvgIpc) is 2.21. The van der Waals surface area contributed by atoms with Crippen LogP contribution in [-0.2, 0) is 0 Å². The van der Waals surface area contributed by atoms with Crippen LogP contribution in [0.25, 0.3) is 0 Å². The van der Waals surface area contributed by atoms with E-state index in [1.165, 1.54) is 0 Å². The van der Waals surface area contributed by atoms with E-state index in [2.05, 4.69) is 9.98 Å². The van der Waals surface area contributed by atoms with Gasteiger partial charge in [0.1, 0.15) is 5.69 Å². The third kappa shape index (κ3) is 3.28. The molecule has 0 spiro atoms. The maximum absolute atomic E-state index is 13.5. The van der Waals surface area contributed by atoms with Crippen LogP contribution in [0, 0.1) is 15.9 Å². The van der Waals surface area contributed by atoms with Crippen LogP contribution in [0.5, 0.6) is 0 Å². The number of nitro groups is 1. The minimum absolute atomic E-state index is 0.282. The molecule has 0 bridgehead atoms. The van der Waals surface area contributed by atoms with E-state index in [1.54, 1.807) is 0 Å². The van der Waals surface area contributed by atoms with Gasteiger partial charge < -0.3 is 17.2 Å². The molecular weight excluding hydrogens is 267 g/mol. The molecule has 0 fully saturated rings. The standard InChI is InChI=1S/C8H8ClFN6O2/c9-4-1-3(16(17)18)2-5(10)6(4)14-8(13)15-7(11)12/h1-2H,(H6,11,12,13,14,15). The minimum Gasteiger partial charge on any atom is -0.370 e. The Labute approximate surface area is 105 Å². The predicted octanol–water partition coefficient (Wildman–Crippen LogP) is 0.607. The van der Waals surface area contributed by atoms with Crippen LogP contribution in [0.15, 0.2) is 22.1 Å². The van der Waals surface area contributed by atoms with Crippen LogP contribution < -0.4 is 17.2 Å². The van der Waals surface area contributed by atoms with E-state index in [-0.39, 0.29) is 16.7 Å². The van der Waals surface area contributed by atoms with Crippen LogP contribution in [0.4, 0.5) is 15.8 Å². The zero-order chi connectivity index (χ0) is 13.9. The first-order chi connectivity index (χ1) is 8.31. The summed E-state index contributed by atoms with van der Waals surface area (Å²) in [6.45, 7) is 0. The lowest BCUT2D eigenvalue weighted by molar-refractivity contribution is -0.385. The highest BCUT2D eigenvalue weighted by Crippen LogP contribution is 2.32. The molecule has 0 saturated carbocycles. The van der Waals surface area contributed by atoms with Crippen LogP contribution in [0.3, 0.4) is 0 Å². The topological polar surface area (TPSA) is 146 Å². The summed E-state index contributed by atoms with van der Waals surface area (Å²) in [4.78, 5) is 16.5. The molecule has 0 radical (unpaired) electrons. The monoisotopic (exact) mass is 274 g/mol. The number of nitrogens with zero attached hydrogens (tertiary/aromatic N) is 3. The average molecular weight is 275 g/mol. The second-order valence-corrected chi connectivity index (χ2v) is 3.43. The van der Waals surface area contributed by atoms with Crippen molar-refractivity contribution in [2.45, 2.75) is 0 Å². The molecule has 1 rings (SSSR count). The number of rotatable bonds is 2. The fourth-order valence-corrected chi connectivity index (χ4v) is 1.28. The van der Waals surface area contributed by atoms with Crippen LogP contribution in [0.2, 0.25) is 5.02 Å². The zero-order valence-electron chi connectivity index (χ0n) is 8.80. The molecule has 0 atom stereocenters. The van der Waals surface area contributed by atoms with Crippen molar-refractivity contribution >= 4 is 34.9 Å². The van der Waals surface area contributed by atoms with E-state index >= 15 is 0 Å². The lowest BCUT2D eigenvalue weighted by Crippen LogP contribution is -2.26. The predicted molar refractivity (Wildman–Crippen MR) is 65.2 cm³/mol. The third-order valence-corrected chi connectivity index (χ3v) is 1.97. The van der Waals surface area contributed by atoms with Crippen molar-refractivity contribution in [2.75, 3.05) is 0 Å². The van der Waals surface area contributed by atoms with Gasteiger partial charge >= 0.3 is 0 Å². The largest absolute Gasteiger partial charge is 0.370 e. The molecule has 0 aromatic heterocycles. The molecule has 0 aliphatic rings. The highest BCUT2D eigenvalue weighted by atomic mass is 35.5. The van der Waals surface area contributed by atoms with Crippen molar-refractivity contribution in [2.24, 2.45) is 27.2 Å². The molecular formula is C8H8ClFN6O2. The van der Waals surface area contributed by atoms with Crippen molar-refractivity contribution in [3.05, 3.63) is 33.1 Å². The molecule has 10 heteroatoms. The van der Waals surface area contributed by atoms with Gasteiger partial charge in [-0.2, -0.15) is 4.99 Å². The number of aliphatic imine (C=N–C) groups is 2. The summed E-state index contributed by atoms with van der Waals surface area (Å²) >= 11 is 5.64. The molecule has 1 aromatic rings. The fraction of sp³-hybridized carbons (Fsp3) is 0. The number of guanidine groups is 2. The maximum Gasteiger partial charge on any atom is 0.274 e. The summed E-state index contributed by atoms with van der Waals surface area (Å²) in [7, 11) is 0. The SMILES string of the molecule is NC(N)=NC(N)=Nc1c(F)cc([N+](=O)[O-])cc1Cl. The van der Waals surface area contributed by atoms with Gasteiger partial charge in [0.2, 0.25) is 5.96 Å². The minimum atomic E-state index is -1.01. The molecule has 18 heavy (non-hydrogen) atoms. The van der Waals surface area contributed by atoms with Gasteiger partial charge in [0.15, 0.2) is 11.8 Å². The van der Waals surface area contributed by atoms with E-state index < -0.39 is 22.4 Å². The molecule has 0 saturated heterocycles. The summed E-state index contributed by atoms with van der Waals surface area (Å²) in [6.07, 6.45) is 0. The van der Waals surface area contributed by atoms with Crippen molar-refractivity contribution in [3.63, 3.8) is 0 Å². The molecule has 96 valence electrons. The van der Waals surface area contributed by atoms with E-state index in [1.807, 2.05) is 0 Å². The van der Waals surface area contributed by atoms with Crippen molar-refractivity contribution in [1.82, 2.24) is 0 Å². The number of non-ortho nitro benzene ring substituents is 1.